The zero-order valence-corrected chi connectivity index (χ0v) is 12.4. The highest BCUT2D eigenvalue weighted by molar-refractivity contribution is 5.89. The summed E-state index contributed by atoms with van der Waals surface area (Å²) in [4.78, 5) is 11.0. The van der Waals surface area contributed by atoms with Gasteiger partial charge in [0.2, 0.25) is 5.91 Å². The highest BCUT2D eigenvalue weighted by Crippen LogP contribution is 2.21. The Morgan fingerprint density at radius 1 is 1.57 bits per heavy atom. The van der Waals surface area contributed by atoms with Crippen LogP contribution in [-0.4, -0.2) is 37.7 Å². The van der Waals surface area contributed by atoms with Gasteiger partial charge < -0.3 is 20.7 Å². The Morgan fingerprint density at radius 3 is 3.05 bits per heavy atom. The van der Waals surface area contributed by atoms with Crippen LogP contribution < -0.4 is 16.0 Å². The predicted octanol–water partition coefficient (Wildman–Crippen LogP) is 1.96. The summed E-state index contributed by atoms with van der Waals surface area (Å²) in [6.45, 7) is 5.78. The first-order valence-electron chi connectivity index (χ1n) is 7.19. The van der Waals surface area contributed by atoms with Crippen molar-refractivity contribution < 1.29 is 13.9 Å². The van der Waals surface area contributed by atoms with E-state index in [0.717, 1.165) is 25.3 Å². The third-order valence-electron chi connectivity index (χ3n) is 3.33. The fraction of sp³-hybridized carbons (Fsp3) is 0.533. The van der Waals surface area contributed by atoms with Crippen LogP contribution in [-0.2, 0) is 9.53 Å². The Bertz CT molecular complexity index is 490. The van der Waals surface area contributed by atoms with Crippen LogP contribution in [0.3, 0.4) is 0 Å². The zero-order valence-electron chi connectivity index (χ0n) is 12.4. The largest absolute Gasteiger partial charge is 0.382 e. The maximum absolute atomic E-state index is 13.6. The SMILES string of the molecule is CC(=O)Nc1cc(NC(C)CC2COCCN2)ccc1F. The van der Waals surface area contributed by atoms with E-state index in [1.807, 2.05) is 0 Å². The molecule has 0 aliphatic carbocycles. The van der Waals surface area contributed by atoms with Gasteiger partial charge in [-0.15, -0.1) is 0 Å². The summed E-state index contributed by atoms with van der Waals surface area (Å²) in [5, 5.41) is 9.20. The van der Waals surface area contributed by atoms with Crippen LogP contribution in [0.1, 0.15) is 20.3 Å². The summed E-state index contributed by atoms with van der Waals surface area (Å²) in [7, 11) is 0. The molecule has 0 aromatic heterocycles. The topological polar surface area (TPSA) is 62.4 Å². The smallest absolute Gasteiger partial charge is 0.221 e. The number of rotatable bonds is 5. The van der Waals surface area contributed by atoms with Gasteiger partial charge >= 0.3 is 0 Å². The standard InChI is InChI=1S/C15H22FN3O2/c1-10(7-13-9-21-6-5-17-13)18-12-3-4-14(16)15(8-12)19-11(2)20/h3-4,8,10,13,17-18H,5-7,9H2,1-2H3,(H,19,20). The number of carbonyl (C=O) groups is 1. The molecule has 1 amide bonds. The van der Waals surface area contributed by atoms with E-state index in [-0.39, 0.29) is 17.6 Å². The van der Waals surface area contributed by atoms with Gasteiger partial charge in [-0.3, -0.25) is 4.79 Å². The fourth-order valence-electron chi connectivity index (χ4n) is 2.44. The minimum absolute atomic E-state index is 0.193. The lowest BCUT2D eigenvalue weighted by Gasteiger charge is -2.27. The lowest BCUT2D eigenvalue weighted by Crippen LogP contribution is -2.43. The first-order valence-corrected chi connectivity index (χ1v) is 7.19. The molecule has 6 heteroatoms. The summed E-state index contributed by atoms with van der Waals surface area (Å²) in [6.07, 6.45) is 0.910. The average molecular weight is 295 g/mol. The molecule has 0 radical (unpaired) electrons. The first kappa shape index (κ1) is 15.7. The molecule has 1 aromatic carbocycles. The van der Waals surface area contributed by atoms with E-state index in [9.17, 15) is 9.18 Å². The van der Waals surface area contributed by atoms with E-state index in [1.54, 1.807) is 12.1 Å². The van der Waals surface area contributed by atoms with Crippen molar-refractivity contribution in [1.82, 2.24) is 5.32 Å². The molecule has 1 aliphatic heterocycles. The minimum atomic E-state index is -0.439. The van der Waals surface area contributed by atoms with Crippen LogP contribution in [0, 0.1) is 5.82 Å². The number of morpholine rings is 1. The van der Waals surface area contributed by atoms with Crippen molar-refractivity contribution in [2.45, 2.75) is 32.4 Å². The lowest BCUT2D eigenvalue weighted by molar-refractivity contribution is -0.114. The van der Waals surface area contributed by atoms with Gasteiger partial charge in [0.25, 0.3) is 0 Å². The number of benzene rings is 1. The molecule has 3 N–H and O–H groups in total. The van der Waals surface area contributed by atoms with Gasteiger partial charge in [-0.1, -0.05) is 0 Å². The molecule has 0 bridgehead atoms. The van der Waals surface area contributed by atoms with Crippen molar-refractivity contribution in [3.8, 4) is 0 Å². The van der Waals surface area contributed by atoms with Crippen LogP contribution in [0.5, 0.6) is 0 Å². The lowest BCUT2D eigenvalue weighted by atomic mass is 10.1. The molecule has 0 saturated carbocycles. The quantitative estimate of drug-likeness (QED) is 0.777. The Balaban J connectivity index is 1.93. The summed E-state index contributed by atoms with van der Waals surface area (Å²) < 4.78 is 19.0. The molecule has 21 heavy (non-hydrogen) atoms. The third-order valence-corrected chi connectivity index (χ3v) is 3.33. The number of anilines is 2. The predicted molar refractivity (Wildman–Crippen MR) is 81.0 cm³/mol. The Morgan fingerprint density at radius 2 is 2.38 bits per heavy atom. The molecule has 0 spiro atoms. The Kier molecular flexibility index (Phi) is 5.52. The normalized spacial score (nSPS) is 19.9. The maximum atomic E-state index is 13.6. The van der Waals surface area contributed by atoms with Crippen LogP contribution >= 0.6 is 0 Å². The Labute approximate surface area is 124 Å². The summed E-state index contributed by atoms with van der Waals surface area (Å²) >= 11 is 0. The molecule has 2 unspecified atom stereocenters. The van der Waals surface area contributed by atoms with Crippen LogP contribution in [0.4, 0.5) is 15.8 Å². The molecule has 1 aliphatic rings. The molecule has 116 valence electrons. The minimum Gasteiger partial charge on any atom is -0.382 e. The van der Waals surface area contributed by atoms with Crippen LogP contribution in [0.15, 0.2) is 18.2 Å². The number of ether oxygens (including phenoxy) is 1. The van der Waals surface area contributed by atoms with Crippen molar-refractivity contribution in [1.29, 1.82) is 0 Å². The molecule has 1 fully saturated rings. The summed E-state index contributed by atoms with van der Waals surface area (Å²) in [5.41, 5.74) is 0.975. The van der Waals surface area contributed by atoms with E-state index >= 15 is 0 Å². The third kappa shape index (κ3) is 4.99. The van der Waals surface area contributed by atoms with E-state index < -0.39 is 5.82 Å². The molecule has 2 atom stereocenters. The first-order chi connectivity index (χ1) is 10.0. The molecule has 1 heterocycles. The summed E-state index contributed by atoms with van der Waals surface area (Å²) in [5.74, 6) is -0.728. The highest BCUT2D eigenvalue weighted by atomic mass is 19.1. The zero-order chi connectivity index (χ0) is 15.2. The number of carbonyl (C=O) groups excluding carboxylic acids is 1. The molecule has 2 rings (SSSR count). The second-order valence-electron chi connectivity index (χ2n) is 5.38. The van der Waals surface area contributed by atoms with E-state index in [2.05, 4.69) is 22.9 Å². The number of amides is 1. The van der Waals surface area contributed by atoms with Gasteiger partial charge in [0, 0.05) is 31.2 Å². The van der Waals surface area contributed by atoms with Gasteiger partial charge in [0.15, 0.2) is 0 Å². The van der Waals surface area contributed by atoms with Crippen molar-refractivity contribution >= 4 is 17.3 Å². The fourth-order valence-corrected chi connectivity index (χ4v) is 2.44. The molecule has 1 aromatic rings. The van der Waals surface area contributed by atoms with Crippen molar-refractivity contribution in [2.24, 2.45) is 0 Å². The van der Waals surface area contributed by atoms with Crippen molar-refractivity contribution in [3.63, 3.8) is 0 Å². The van der Waals surface area contributed by atoms with E-state index in [4.69, 9.17) is 4.74 Å². The number of hydrogen-bond donors (Lipinski definition) is 3. The van der Waals surface area contributed by atoms with Gasteiger partial charge in [0.1, 0.15) is 5.82 Å². The van der Waals surface area contributed by atoms with Gasteiger partial charge in [-0.2, -0.15) is 0 Å². The van der Waals surface area contributed by atoms with Gasteiger partial charge in [0.05, 0.1) is 18.9 Å². The van der Waals surface area contributed by atoms with E-state index in [0.29, 0.717) is 12.6 Å². The Hall–Kier alpha value is -1.66. The number of nitrogens with one attached hydrogen (secondary N) is 3. The van der Waals surface area contributed by atoms with Crippen LogP contribution in [0.2, 0.25) is 0 Å². The van der Waals surface area contributed by atoms with Gasteiger partial charge in [-0.05, 0) is 31.5 Å². The number of halogens is 1. The van der Waals surface area contributed by atoms with Crippen molar-refractivity contribution in [2.75, 3.05) is 30.4 Å². The molecular formula is C15H22FN3O2. The van der Waals surface area contributed by atoms with Crippen LogP contribution in [0.25, 0.3) is 0 Å². The van der Waals surface area contributed by atoms with E-state index in [1.165, 1.54) is 13.0 Å². The average Bonchev–Trinajstić information content (AvgIpc) is 2.43. The molecular weight excluding hydrogens is 273 g/mol. The second-order valence-corrected chi connectivity index (χ2v) is 5.38. The van der Waals surface area contributed by atoms with Gasteiger partial charge in [-0.25, -0.2) is 4.39 Å². The van der Waals surface area contributed by atoms with Crippen molar-refractivity contribution in [3.05, 3.63) is 24.0 Å². The molecule has 1 saturated heterocycles. The maximum Gasteiger partial charge on any atom is 0.221 e. The summed E-state index contributed by atoms with van der Waals surface area (Å²) in [6, 6.07) is 5.17. The monoisotopic (exact) mass is 295 g/mol. The highest BCUT2D eigenvalue weighted by Gasteiger charge is 2.16. The number of hydrogen-bond acceptors (Lipinski definition) is 4. The second kappa shape index (κ2) is 7.38. The molecule has 5 nitrogen and oxygen atoms in total.